The summed E-state index contributed by atoms with van der Waals surface area (Å²) in [5.41, 5.74) is 0.653. The average molecular weight is 313 g/mol. The number of benzene rings is 1. The van der Waals surface area contributed by atoms with Gasteiger partial charge in [0.25, 0.3) is 0 Å². The smallest absolute Gasteiger partial charge is 0.390 e. The van der Waals surface area contributed by atoms with E-state index in [4.69, 9.17) is 9.47 Å². The predicted octanol–water partition coefficient (Wildman–Crippen LogP) is 4.18. The van der Waals surface area contributed by atoms with Gasteiger partial charge >= 0.3 is 6.18 Å². The summed E-state index contributed by atoms with van der Waals surface area (Å²) >= 11 is 0. The fourth-order valence-corrected chi connectivity index (χ4v) is 2.07. The zero-order valence-electron chi connectivity index (χ0n) is 12.2. The van der Waals surface area contributed by atoms with Gasteiger partial charge in [-0.1, -0.05) is 18.2 Å². The molecule has 22 heavy (non-hydrogen) atoms. The molecule has 0 radical (unpaired) electrons. The molecule has 1 aromatic rings. The van der Waals surface area contributed by atoms with Crippen molar-refractivity contribution < 1.29 is 22.6 Å². The summed E-state index contributed by atoms with van der Waals surface area (Å²) in [5.74, 6) is 1.90. The van der Waals surface area contributed by atoms with E-state index in [0.29, 0.717) is 29.4 Å². The van der Waals surface area contributed by atoms with Gasteiger partial charge in [0.1, 0.15) is 5.76 Å². The maximum Gasteiger partial charge on any atom is 0.390 e. The number of halogens is 3. The Balaban J connectivity index is 1.96. The minimum atomic E-state index is -4.15. The van der Waals surface area contributed by atoms with Gasteiger partial charge in [0, 0.05) is 18.7 Å². The van der Waals surface area contributed by atoms with Crippen LogP contribution in [0.1, 0.15) is 19.3 Å². The lowest BCUT2D eigenvalue weighted by molar-refractivity contribution is -0.133. The summed E-state index contributed by atoms with van der Waals surface area (Å²) in [6.07, 6.45) is -0.000832. The monoisotopic (exact) mass is 313 g/mol. The van der Waals surface area contributed by atoms with Gasteiger partial charge in [-0.3, -0.25) is 0 Å². The molecule has 0 amide bonds. The highest BCUT2D eigenvalue weighted by molar-refractivity contribution is 5.41. The Labute approximate surface area is 127 Å². The molecule has 3 nitrogen and oxygen atoms in total. The van der Waals surface area contributed by atoms with E-state index in [0.717, 1.165) is 6.42 Å². The number of nitrogens with one attached hydrogen (secondary N) is 1. The van der Waals surface area contributed by atoms with Crippen molar-refractivity contribution in [3.05, 3.63) is 47.9 Å². The van der Waals surface area contributed by atoms with Crippen LogP contribution in [-0.2, 0) is 0 Å². The van der Waals surface area contributed by atoms with Crippen LogP contribution in [0.2, 0.25) is 0 Å². The summed E-state index contributed by atoms with van der Waals surface area (Å²) < 4.78 is 47.4. The molecule has 0 bridgehead atoms. The van der Waals surface area contributed by atoms with Crippen LogP contribution in [0.25, 0.3) is 0 Å². The van der Waals surface area contributed by atoms with Crippen LogP contribution in [0.3, 0.4) is 0 Å². The second kappa shape index (κ2) is 7.24. The van der Waals surface area contributed by atoms with E-state index >= 15 is 0 Å². The van der Waals surface area contributed by atoms with Crippen molar-refractivity contribution in [2.75, 3.05) is 13.7 Å². The quantitative estimate of drug-likeness (QED) is 0.854. The van der Waals surface area contributed by atoms with Crippen molar-refractivity contribution in [2.24, 2.45) is 0 Å². The zero-order chi connectivity index (χ0) is 16.0. The molecule has 2 rings (SSSR count). The lowest BCUT2D eigenvalue weighted by Gasteiger charge is -2.17. The lowest BCUT2D eigenvalue weighted by atomic mass is 10.1. The Morgan fingerprint density at radius 3 is 2.59 bits per heavy atom. The highest BCUT2D eigenvalue weighted by atomic mass is 19.4. The number of hydrogen-bond donors (Lipinski definition) is 1. The topological polar surface area (TPSA) is 30.5 Å². The fourth-order valence-electron chi connectivity index (χ4n) is 2.07. The molecule has 0 fully saturated rings. The summed E-state index contributed by atoms with van der Waals surface area (Å²) in [4.78, 5) is 0. The van der Waals surface area contributed by atoms with Gasteiger partial charge in [-0.05, 0) is 24.6 Å². The van der Waals surface area contributed by atoms with Crippen LogP contribution in [0.4, 0.5) is 13.2 Å². The highest BCUT2D eigenvalue weighted by Crippen LogP contribution is 2.30. The van der Waals surface area contributed by atoms with Crippen molar-refractivity contribution in [3.8, 4) is 11.5 Å². The summed E-state index contributed by atoms with van der Waals surface area (Å²) in [7, 11) is 1.56. The molecule has 1 aliphatic carbocycles. The predicted molar refractivity (Wildman–Crippen MR) is 77.7 cm³/mol. The molecule has 1 N–H and O–H groups in total. The average Bonchev–Trinajstić information content (AvgIpc) is 2.47. The van der Waals surface area contributed by atoms with Crippen LogP contribution in [-0.4, -0.2) is 19.8 Å². The van der Waals surface area contributed by atoms with Crippen molar-refractivity contribution in [1.82, 2.24) is 5.32 Å². The first-order valence-electron chi connectivity index (χ1n) is 7.00. The number of rotatable bonds is 6. The maximum atomic E-state index is 12.1. The molecule has 0 aliphatic heterocycles. The molecular formula is C16H18F3NO2. The van der Waals surface area contributed by atoms with Crippen molar-refractivity contribution in [1.29, 1.82) is 0 Å². The van der Waals surface area contributed by atoms with E-state index in [1.54, 1.807) is 25.3 Å². The lowest BCUT2D eigenvalue weighted by Crippen LogP contribution is -2.21. The Morgan fingerprint density at radius 1 is 1.18 bits per heavy atom. The third-order valence-electron chi connectivity index (χ3n) is 3.12. The number of para-hydroxylation sites is 2. The minimum absolute atomic E-state index is 0.145. The highest BCUT2D eigenvalue weighted by Gasteiger charge is 2.26. The third kappa shape index (κ3) is 5.02. The van der Waals surface area contributed by atoms with Gasteiger partial charge in [-0.15, -0.1) is 0 Å². The summed E-state index contributed by atoms with van der Waals surface area (Å²) in [6, 6.07) is 7.25. The third-order valence-corrected chi connectivity index (χ3v) is 3.12. The summed E-state index contributed by atoms with van der Waals surface area (Å²) in [6.45, 7) is -0.145. The molecule has 1 aliphatic rings. The number of allylic oxidation sites excluding steroid dienone is 3. The molecule has 120 valence electrons. The van der Waals surface area contributed by atoms with Crippen molar-refractivity contribution in [3.63, 3.8) is 0 Å². The Bertz CT molecular complexity index is 565. The minimum Gasteiger partial charge on any atom is -0.493 e. The van der Waals surface area contributed by atoms with Crippen LogP contribution in [0.15, 0.2) is 47.9 Å². The zero-order valence-corrected chi connectivity index (χ0v) is 12.2. The van der Waals surface area contributed by atoms with E-state index in [2.05, 4.69) is 5.32 Å². The fraction of sp³-hybridized carbons (Fsp3) is 0.375. The van der Waals surface area contributed by atoms with E-state index in [1.165, 1.54) is 0 Å². The van der Waals surface area contributed by atoms with Crippen molar-refractivity contribution in [2.45, 2.75) is 25.4 Å². The molecule has 0 aromatic heterocycles. The van der Waals surface area contributed by atoms with E-state index in [9.17, 15) is 13.2 Å². The Morgan fingerprint density at radius 2 is 1.91 bits per heavy atom. The molecule has 1 aromatic carbocycles. The second-order valence-corrected chi connectivity index (χ2v) is 4.85. The van der Waals surface area contributed by atoms with Gasteiger partial charge in [0.15, 0.2) is 11.5 Å². The Hall–Kier alpha value is -2.11. The van der Waals surface area contributed by atoms with Gasteiger partial charge in [-0.2, -0.15) is 13.2 Å². The first-order chi connectivity index (χ1) is 10.5. The maximum absolute atomic E-state index is 12.1. The summed E-state index contributed by atoms with van der Waals surface area (Å²) in [5, 5.41) is 2.78. The number of alkyl halides is 3. The van der Waals surface area contributed by atoms with Crippen molar-refractivity contribution >= 4 is 0 Å². The molecule has 0 saturated carbocycles. The normalized spacial score (nSPS) is 14.9. The number of methoxy groups -OCH3 is 1. The largest absolute Gasteiger partial charge is 0.493 e. The van der Waals surface area contributed by atoms with Crippen LogP contribution < -0.4 is 14.8 Å². The number of ether oxygens (including phenoxy) is 2. The molecule has 0 atom stereocenters. The van der Waals surface area contributed by atoms with Crippen LogP contribution in [0.5, 0.6) is 11.5 Å². The van der Waals surface area contributed by atoms with Gasteiger partial charge in [0.05, 0.1) is 13.5 Å². The molecule has 0 heterocycles. The Kier molecular flexibility index (Phi) is 5.35. The van der Waals surface area contributed by atoms with E-state index in [-0.39, 0.29) is 6.54 Å². The molecule has 0 saturated heterocycles. The molecule has 0 spiro atoms. The SMILES string of the molecule is COc1ccccc1OC1=CC(NCCC(F)(F)F)=CCC1. The van der Waals surface area contributed by atoms with Crippen LogP contribution in [0, 0.1) is 0 Å². The van der Waals surface area contributed by atoms with Gasteiger partial charge in [0.2, 0.25) is 0 Å². The first-order valence-corrected chi connectivity index (χ1v) is 7.00. The van der Waals surface area contributed by atoms with E-state index < -0.39 is 12.6 Å². The molecular weight excluding hydrogens is 295 g/mol. The van der Waals surface area contributed by atoms with E-state index in [1.807, 2.05) is 18.2 Å². The van der Waals surface area contributed by atoms with Gasteiger partial charge in [-0.25, -0.2) is 0 Å². The standard InChI is InChI=1S/C16H18F3NO2/c1-21-14-7-2-3-8-15(14)22-13-6-4-5-12(11-13)20-10-9-16(17,18)19/h2-3,5,7-8,11,20H,4,6,9-10H2,1H3. The van der Waals surface area contributed by atoms with Gasteiger partial charge < -0.3 is 14.8 Å². The second-order valence-electron chi connectivity index (χ2n) is 4.85. The first kappa shape index (κ1) is 16.3. The molecule has 0 unspecified atom stereocenters. The molecule has 6 heteroatoms. The number of hydrogen-bond acceptors (Lipinski definition) is 3. The van der Waals surface area contributed by atoms with Crippen LogP contribution >= 0.6 is 0 Å².